The summed E-state index contributed by atoms with van der Waals surface area (Å²) in [5, 5.41) is 0. The molecule has 3 nitrogen and oxygen atoms in total. The molecule has 0 unspecified atom stereocenters. The highest BCUT2D eigenvalue weighted by Crippen LogP contribution is 1.92. The number of nitrogens with zero attached hydrogens (tertiary/aromatic N) is 1. The van der Waals surface area contributed by atoms with Crippen molar-refractivity contribution in [2.75, 3.05) is 0 Å². The van der Waals surface area contributed by atoms with Crippen LogP contribution < -0.4 is 22.7 Å². The van der Waals surface area contributed by atoms with E-state index in [-0.39, 0.29) is 18.3 Å². The van der Waals surface area contributed by atoms with Crippen LogP contribution in [0.15, 0.2) is 24.5 Å². The second-order valence-corrected chi connectivity index (χ2v) is 2.69. The van der Waals surface area contributed by atoms with Crippen molar-refractivity contribution in [2.24, 2.45) is 5.73 Å². The molecule has 1 heterocycles. The van der Waals surface area contributed by atoms with Gasteiger partial charge >= 0.3 is 0 Å². The fraction of sp³-hybridized carbons (Fsp3) is 0.333. The van der Waals surface area contributed by atoms with Gasteiger partial charge in [0.15, 0.2) is 12.4 Å². The number of carbonyl (C=O) groups excluding carboxylic acids is 1. The molecule has 0 aliphatic carbocycles. The fourth-order valence-electron chi connectivity index (χ4n) is 1.07. The van der Waals surface area contributed by atoms with Gasteiger partial charge in [0.25, 0.3) is 5.91 Å². The van der Waals surface area contributed by atoms with E-state index < -0.39 is 0 Å². The lowest BCUT2D eigenvalue weighted by atomic mass is 10.3. The van der Waals surface area contributed by atoms with Crippen LogP contribution in [0.4, 0.5) is 0 Å². The van der Waals surface area contributed by atoms with Gasteiger partial charge in [0, 0.05) is 12.5 Å². The van der Waals surface area contributed by atoms with Gasteiger partial charge in [-0.3, -0.25) is 4.79 Å². The number of aryl methyl sites for hydroxylation is 1. The largest absolute Gasteiger partial charge is 1.00 e. The van der Waals surface area contributed by atoms with Gasteiger partial charge in [0.1, 0.15) is 12.1 Å². The molecule has 0 atom stereocenters. The quantitative estimate of drug-likeness (QED) is 0.539. The number of aromatic nitrogens is 1. The molecule has 0 aliphatic heterocycles. The van der Waals surface area contributed by atoms with Crippen LogP contribution in [0.3, 0.4) is 0 Å². The van der Waals surface area contributed by atoms with Crippen LogP contribution in [0.2, 0.25) is 0 Å². The maximum atomic E-state index is 10.8. The zero-order valence-electron chi connectivity index (χ0n) is 7.53. The van der Waals surface area contributed by atoms with E-state index in [1.165, 1.54) is 0 Å². The number of nitrogens with two attached hydrogens (primary N) is 1. The number of pyridine rings is 1. The average Bonchev–Trinajstić information content (AvgIpc) is 2.05. The molecule has 0 radical (unpaired) electrons. The molecule has 0 aliphatic rings. The Morgan fingerprint density at radius 1 is 1.62 bits per heavy atom. The zero-order valence-corrected chi connectivity index (χ0v) is 8.29. The van der Waals surface area contributed by atoms with E-state index in [2.05, 4.69) is 6.92 Å². The molecule has 1 amide bonds. The van der Waals surface area contributed by atoms with Crippen LogP contribution in [-0.4, -0.2) is 5.91 Å². The second kappa shape index (κ2) is 5.54. The molecule has 0 saturated carbocycles. The summed E-state index contributed by atoms with van der Waals surface area (Å²) < 4.78 is 1.96. The van der Waals surface area contributed by atoms with E-state index in [0.717, 1.165) is 13.0 Å². The third-order valence-electron chi connectivity index (χ3n) is 1.62. The number of hydrogen-bond acceptors (Lipinski definition) is 1. The van der Waals surface area contributed by atoms with E-state index >= 15 is 0 Å². The Morgan fingerprint density at radius 2 is 2.31 bits per heavy atom. The Balaban J connectivity index is 0.00000144. The molecule has 13 heavy (non-hydrogen) atoms. The summed E-state index contributed by atoms with van der Waals surface area (Å²) in [6.45, 7) is 3.01. The first-order valence-corrected chi connectivity index (χ1v) is 4.03. The normalized spacial score (nSPS) is 9.00. The highest BCUT2D eigenvalue weighted by molar-refractivity contribution is 5.92. The van der Waals surface area contributed by atoms with E-state index in [1.807, 2.05) is 16.8 Å². The predicted molar refractivity (Wildman–Crippen MR) is 45.4 cm³/mol. The van der Waals surface area contributed by atoms with Crippen LogP contribution in [0, 0.1) is 0 Å². The number of hydrogen-bond donors (Lipinski definition) is 1. The minimum Gasteiger partial charge on any atom is -1.00 e. The topological polar surface area (TPSA) is 47.0 Å². The molecule has 0 spiro atoms. The summed E-state index contributed by atoms with van der Waals surface area (Å²) >= 11 is 0. The van der Waals surface area contributed by atoms with E-state index in [4.69, 9.17) is 5.73 Å². The van der Waals surface area contributed by atoms with Crippen LogP contribution in [-0.2, 0) is 6.54 Å². The van der Waals surface area contributed by atoms with Crippen LogP contribution in [0.5, 0.6) is 0 Å². The lowest BCUT2D eigenvalue weighted by Crippen LogP contribution is -3.00. The first-order valence-electron chi connectivity index (χ1n) is 4.03. The fourth-order valence-corrected chi connectivity index (χ4v) is 1.07. The third kappa shape index (κ3) is 3.42. The average molecular weight is 201 g/mol. The lowest BCUT2D eigenvalue weighted by Gasteiger charge is -1.94. The summed E-state index contributed by atoms with van der Waals surface area (Å²) in [5.74, 6) is -0.375. The van der Waals surface area contributed by atoms with Crippen LogP contribution >= 0.6 is 0 Å². The number of rotatable bonds is 3. The minimum atomic E-state index is -0.375. The Labute approximate surface area is 84.0 Å². The van der Waals surface area contributed by atoms with Crippen molar-refractivity contribution in [1.82, 2.24) is 0 Å². The van der Waals surface area contributed by atoms with E-state index in [0.29, 0.717) is 5.56 Å². The first-order chi connectivity index (χ1) is 5.74. The van der Waals surface area contributed by atoms with Crippen molar-refractivity contribution >= 4 is 5.91 Å². The summed E-state index contributed by atoms with van der Waals surface area (Å²) in [4.78, 5) is 10.8. The minimum absolute atomic E-state index is 0. The van der Waals surface area contributed by atoms with Crippen molar-refractivity contribution in [3.05, 3.63) is 30.1 Å². The molecular formula is C9H13ClN2O. The Bertz CT molecular complexity index is 289. The molecule has 0 bridgehead atoms. The molecule has 1 aromatic rings. The van der Waals surface area contributed by atoms with Crippen molar-refractivity contribution < 1.29 is 21.8 Å². The third-order valence-corrected chi connectivity index (χ3v) is 1.62. The van der Waals surface area contributed by atoms with E-state index in [9.17, 15) is 4.79 Å². The smallest absolute Gasteiger partial charge is 0.254 e. The van der Waals surface area contributed by atoms with Gasteiger partial charge in [-0.1, -0.05) is 6.92 Å². The molecule has 0 aromatic carbocycles. The molecule has 2 N–H and O–H groups in total. The molecular weight excluding hydrogens is 188 g/mol. The van der Waals surface area contributed by atoms with Crippen molar-refractivity contribution in [3.63, 3.8) is 0 Å². The highest BCUT2D eigenvalue weighted by atomic mass is 35.5. The van der Waals surface area contributed by atoms with Gasteiger partial charge in [-0.05, 0) is 6.07 Å². The predicted octanol–water partition coefficient (Wildman–Crippen LogP) is -2.51. The molecule has 1 aromatic heterocycles. The molecule has 72 valence electrons. The summed E-state index contributed by atoms with van der Waals surface area (Å²) in [6.07, 6.45) is 4.74. The van der Waals surface area contributed by atoms with Gasteiger partial charge in [-0.2, -0.15) is 0 Å². The van der Waals surface area contributed by atoms with Crippen molar-refractivity contribution in [1.29, 1.82) is 0 Å². The second-order valence-electron chi connectivity index (χ2n) is 2.69. The molecule has 1 rings (SSSR count). The Kier molecular flexibility index (Phi) is 5.07. The Morgan fingerprint density at radius 3 is 2.85 bits per heavy atom. The summed E-state index contributed by atoms with van der Waals surface area (Å²) in [7, 11) is 0. The Hall–Kier alpha value is -1.09. The van der Waals surface area contributed by atoms with Gasteiger partial charge < -0.3 is 18.1 Å². The van der Waals surface area contributed by atoms with Crippen LogP contribution in [0.1, 0.15) is 23.7 Å². The maximum Gasteiger partial charge on any atom is 0.254 e. The number of halogens is 1. The summed E-state index contributed by atoms with van der Waals surface area (Å²) in [6, 6.07) is 3.55. The van der Waals surface area contributed by atoms with Crippen molar-refractivity contribution in [2.45, 2.75) is 19.9 Å². The lowest BCUT2D eigenvalue weighted by molar-refractivity contribution is -0.697. The van der Waals surface area contributed by atoms with Crippen molar-refractivity contribution in [3.8, 4) is 0 Å². The monoisotopic (exact) mass is 200 g/mol. The van der Waals surface area contributed by atoms with Gasteiger partial charge in [-0.15, -0.1) is 0 Å². The number of amides is 1. The highest BCUT2D eigenvalue weighted by Gasteiger charge is 2.05. The summed E-state index contributed by atoms with van der Waals surface area (Å²) in [5.41, 5.74) is 5.69. The van der Waals surface area contributed by atoms with E-state index in [1.54, 1.807) is 12.3 Å². The van der Waals surface area contributed by atoms with Crippen LogP contribution in [0.25, 0.3) is 0 Å². The van der Waals surface area contributed by atoms with Gasteiger partial charge in [-0.25, -0.2) is 4.57 Å². The number of carbonyl (C=O) groups is 1. The first kappa shape index (κ1) is 11.9. The maximum absolute atomic E-state index is 10.8. The zero-order chi connectivity index (χ0) is 8.97. The number of primary amides is 1. The van der Waals surface area contributed by atoms with Gasteiger partial charge in [0.2, 0.25) is 0 Å². The van der Waals surface area contributed by atoms with Gasteiger partial charge in [0.05, 0.1) is 0 Å². The standard InChI is InChI=1S/C9H12N2O.ClH/c1-2-5-11-6-3-4-8(7-11)9(10)12;/h3-4,6-7H,2,5H2,1H3,(H-,10,12);1H. The molecule has 0 saturated heterocycles. The molecule has 0 fully saturated rings. The molecule has 4 heteroatoms. The SMILES string of the molecule is CCC[n+]1cccc(C(N)=O)c1.[Cl-].